The minimum atomic E-state index is -1.68. The molecule has 13 nitrogen and oxygen atoms in total. The Hall–Kier alpha value is -4.36. The van der Waals surface area contributed by atoms with Crippen molar-refractivity contribution in [2.24, 2.45) is 0 Å². The maximum atomic E-state index is 14.7. The molecule has 0 bridgehead atoms. The summed E-state index contributed by atoms with van der Waals surface area (Å²) >= 11 is 6.47. The van der Waals surface area contributed by atoms with Crippen LogP contribution in [0, 0.1) is 23.7 Å². The van der Waals surface area contributed by atoms with Crippen LogP contribution in [0.1, 0.15) is 30.8 Å². The Morgan fingerprint density at radius 3 is 2.65 bits per heavy atom. The van der Waals surface area contributed by atoms with Gasteiger partial charge < -0.3 is 39.3 Å². The van der Waals surface area contributed by atoms with E-state index >= 15 is 0 Å². The van der Waals surface area contributed by atoms with Crippen molar-refractivity contribution in [3.63, 3.8) is 0 Å². The average molecular weight is 808 g/mol. The molecule has 5 rings (SSSR count). The van der Waals surface area contributed by atoms with Crippen LogP contribution in [-0.4, -0.2) is 117 Å². The van der Waals surface area contributed by atoms with Gasteiger partial charge in [0.15, 0.2) is 12.1 Å². The largest absolute Gasteiger partial charge is 0.508 e. The number of phenols is 1. The quantitative estimate of drug-likeness (QED) is 0.148. The van der Waals surface area contributed by atoms with Crippen molar-refractivity contribution in [3.05, 3.63) is 71.2 Å². The minimum Gasteiger partial charge on any atom is -0.508 e. The van der Waals surface area contributed by atoms with Crippen LogP contribution in [0.2, 0.25) is 0 Å². The fourth-order valence-electron chi connectivity index (χ4n) is 6.72. The number of phenolic OH excluding ortho intramolecular Hbond substituents is 1. The number of pyridine rings is 1. The van der Waals surface area contributed by atoms with Gasteiger partial charge in [-0.15, -0.1) is 27.1 Å². The van der Waals surface area contributed by atoms with Crippen molar-refractivity contribution in [2.45, 2.75) is 61.8 Å². The smallest absolute Gasteiger partial charge is 0.411 e. The highest BCUT2D eigenvalue weighted by Crippen LogP contribution is 2.45. The van der Waals surface area contributed by atoms with Crippen LogP contribution in [0.25, 0.3) is 21.8 Å². The van der Waals surface area contributed by atoms with Crippen LogP contribution in [0.15, 0.2) is 65.5 Å². The number of nitrogens with one attached hydrogen (secondary N) is 2. The topological polar surface area (TPSA) is 190 Å². The van der Waals surface area contributed by atoms with Gasteiger partial charge >= 0.3 is 6.09 Å². The second-order valence-electron chi connectivity index (χ2n) is 12.5. The molecule has 8 atom stereocenters. The van der Waals surface area contributed by atoms with Gasteiger partial charge in [-0.25, -0.2) is 4.79 Å². The van der Waals surface area contributed by atoms with E-state index in [0.717, 1.165) is 18.9 Å². The average Bonchev–Trinajstić information content (AvgIpc) is 3.52. The number of amides is 1. The zero-order valence-electron chi connectivity index (χ0n) is 30.9. The molecule has 1 aliphatic heterocycles. The Morgan fingerprint density at radius 1 is 1.24 bits per heavy atom. The molecular formula is C39H41N3O10S3. The summed E-state index contributed by atoms with van der Waals surface area (Å²) in [6.45, 7) is 3.27. The lowest BCUT2D eigenvalue weighted by molar-refractivity contribution is -0.278. The zero-order valence-corrected chi connectivity index (χ0v) is 33.3. The Kier molecular flexibility index (Phi) is 13.7. The van der Waals surface area contributed by atoms with E-state index in [1.807, 2.05) is 6.26 Å². The molecule has 5 N–H and O–H groups in total. The molecular weight excluding hydrogens is 767 g/mol. The fraction of sp³-hybridized carbons (Fsp3) is 0.385. The third-order valence-electron chi connectivity index (χ3n) is 9.33. The number of aliphatic hydroxyl groups excluding tert-OH is 2. The van der Waals surface area contributed by atoms with Gasteiger partial charge in [0.05, 0.1) is 30.5 Å². The number of ether oxygens (including phenoxy) is 4. The summed E-state index contributed by atoms with van der Waals surface area (Å²) in [6, 6.07) is 6.53. The number of allylic oxidation sites excluding steroid dienone is 3. The maximum absolute atomic E-state index is 14.7. The highest BCUT2D eigenvalue weighted by molar-refractivity contribution is 8.28. The molecule has 0 saturated carbocycles. The lowest BCUT2D eigenvalue weighted by Gasteiger charge is -2.49. The Balaban J connectivity index is 1.61. The third-order valence-corrected chi connectivity index (χ3v) is 11.8. The van der Waals surface area contributed by atoms with E-state index in [1.165, 1.54) is 31.5 Å². The molecule has 1 saturated heterocycles. The van der Waals surface area contributed by atoms with Gasteiger partial charge in [-0.1, -0.05) is 35.0 Å². The van der Waals surface area contributed by atoms with E-state index in [-0.39, 0.29) is 34.7 Å². The van der Waals surface area contributed by atoms with Crippen LogP contribution in [0.4, 0.5) is 4.79 Å². The van der Waals surface area contributed by atoms with E-state index in [2.05, 4.69) is 39.0 Å². The first-order valence-corrected chi connectivity index (χ1v) is 20.9. The number of alkyl carbamates (subject to hydrolysis) is 1. The van der Waals surface area contributed by atoms with Gasteiger partial charge in [0.2, 0.25) is 5.78 Å². The van der Waals surface area contributed by atoms with Gasteiger partial charge in [0, 0.05) is 47.3 Å². The zero-order chi connectivity index (χ0) is 40.0. The Bertz CT molecular complexity index is 2240. The first-order chi connectivity index (χ1) is 26.3. The van der Waals surface area contributed by atoms with Gasteiger partial charge in [-0.05, 0) is 68.3 Å². The summed E-state index contributed by atoms with van der Waals surface area (Å²) in [5.41, 5.74) is 1.21. The third kappa shape index (κ3) is 8.42. The number of Topliss-reactive ketones (excluding diaryl/α,β-unsaturated/α-hetero) is 2. The van der Waals surface area contributed by atoms with E-state index in [9.17, 15) is 29.7 Å². The molecule has 0 radical (unpaired) electrons. The van der Waals surface area contributed by atoms with E-state index < -0.39 is 68.7 Å². The number of aromatic amines is 1. The Morgan fingerprint density at radius 2 is 1.98 bits per heavy atom. The number of thioether (sulfide) groups is 1. The van der Waals surface area contributed by atoms with E-state index in [4.69, 9.17) is 30.1 Å². The highest BCUT2D eigenvalue weighted by atomic mass is 32.8. The van der Waals surface area contributed by atoms with Gasteiger partial charge in [-0.2, -0.15) is 0 Å². The van der Waals surface area contributed by atoms with Gasteiger partial charge in [0.1, 0.15) is 34.5 Å². The predicted octanol–water partition coefficient (Wildman–Crippen LogP) is 3.38. The molecule has 55 heavy (non-hydrogen) atoms. The number of fused-ring (bicyclic) bond motifs is 3. The number of aromatic nitrogens is 2. The molecule has 1 aliphatic carbocycles. The molecule has 1 aromatic carbocycles. The summed E-state index contributed by atoms with van der Waals surface area (Å²) < 4.78 is 21.9. The number of H-pyrrole nitrogens is 1. The van der Waals surface area contributed by atoms with Crippen LogP contribution in [-0.2, 0) is 44.4 Å². The molecule has 6 unspecified atom stereocenters. The number of carbonyl (C=O) groups excluding carboxylic acids is 3. The lowest BCUT2D eigenvalue weighted by Crippen LogP contribution is -2.68. The summed E-state index contributed by atoms with van der Waals surface area (Å²) in [5, 5.41) is 37.4. The predicted molar refractivity (Wildman–Crippen MR) is 214 cm³/mol. The summed E-state index contributed by atoms with van der Waals surface area (Å²) in [7, 11) is 1.94. The number of hydrogen-bond acceptors (Lipinski definition) is 13. The minimum absolute atomic E-state index is 0.0381. The lowest BCUT2D eigenvalue weighted by atomic mass is 9.82. The molecule has 3 aromatic rings. The van der Waals surface area contributed by atoms with Crippen molar-refractivity contribution >= 4 is 71.9 Å². The maximum Gasteiger partial charge on any atom is 0.411 e. The summed E-state index contributed by atoms with van der Waals surface area (Å²) in [6.07, 6.45) is 0.323. The van der Waals surface area contributed by atoms with Gasteiger partial charge in [0.25, 0.3) is 0 Å². The van der Waals surface area contributed by atoms with Crippen LogP contribution >= 0.6 is 11.8 Å². The van der Waals surface area contributed by atoms with Crippen LogP contribution < -0.4 is 5.32 Å². The normalized spacial score (nSPS) is 26.0. The number of aromatic hydroxyl groups is 1. The Labute approximate surface area is 329 Å². The van der Waals surface area contributed by atoms with E-state index in [0.29, 0.717) is 27.6 Å². The van der Waals surface area contributed by atoms with Crippen molar-refractivity contribution in [3.8, 4) is 29.4 Å². The molecule has 290 valence electrons. The molecule has 2 aliphatic rings. The van der Waals surface area contributed by atoms with Crippen LogP contribution in [0.5, 0.6) is 5.75 Å². The monoisotopic (exact) mass is 807 g/mol. The number of rotatable bonds is 10. The number of carbonyl (C=O) groups is 3. The van der Waals surface area contributed by atoms with Crippen LogP contribution in [0.3, 0.4) is 0 Å². The van der Waals surface area contributed by atoms with Crippen molar-refractivity contribution in [2.75, 3.05) is 32.5 Å². The molecule has 1 amide bonds. The number of methoxy groups -OCH3 is 2. The molecule has 16 heteroatoms. The second-order valence-corrected chi connectivity index (χ2v) is 16.8. The number of nitrogens with zero attached hydrogens (tertiary/aromatic N) is 1. The summed E-state index contributed by atoms with van der Waals surface area (Å²) in [5.74, 6) is 10.5. The number of aliphatic hydroxyl groups is 2. The standard InChI is InChI=1S/C39H41N3O10S3/c1-7-8-9-10-11-12-29(30-24(16-18-55(6)53)27(44)20-28(45)32(30)42-38(48)50-4)52-37-34(49-3)36(47)39(54-5,21(2)51-37)35(46)33-31-23(15-17-40-33)25-19-22(43)13-14-26(25)41-31/h9-10,13-17,19,21,27,29,34,36-37,41,43-44,47H,18,20H2,1-6H3,(H,42,48)/b10-9-,24-16-/t21?,27-,29-,34?,36?,37?,39?,55?/m0/s1. The molecule has 1 fully saturated rings. The van der Waals surface area contributed by atoms with Crippen molar-refractivity contribution < 1.29 is 48.7 Å². The number of benzene rings is 1. The number of hydrogen-bond donors (Lipinski definition) is 5. The molecule has 3 heterocycles. The van der Waals surface area contributed by atoms with Crippen molar-refractivity contribution in [1.29, 1.82) is 0 Å². The van der Waals surface area contributed by atoms with E-state index in [1.54, 1.807) is 44.4 Å². The second kappa shape index (κ2) is 18.1. The van der Waals surface area contributed by atoms with Crippen molar-refractivity contribution in [1.82, 2.24) is 15.3 Å². The SMILES string of the molecule is CC#C/C=C\C#C[C@H](OC1OC(C)C(SC)(C(=O)c2nccc3c2[nH]c2ccc(O)cc23)C(O)C1OC)C1=C(NC(=O)OC)C(=O)C[C@H](O)/C1=C/CS(C)=S. The van der Waals surface area contributed by atoms with Gasteiger partial charge in [-0.3, -0.25) is 19.9 Å². The molecule has 2 aromatic heterocycles. The first-order valence-electron chi connectivity index (χ1n) is 16.9. The number of ketones is 2. The first kappa shape index (κ1) is 41.8. The molecule has 0 spiro atoms. The fourth-order valence-corrected chi connectivity index (χ4v) is 8.38. The summed E-state index contributed by atoms with van der Waals surface area (Å²) in [4.78, 5) is 48.4. The highest BCUT2D eigenvalue weighted by Gasteiger charge is 2.60.